The molecule has 0 aromatic carbocycles. The molecule has 1 aliphatic rings. The summed E-state index contributed by atoms with van der Waals surface area (Å²) in [5.74, 6) is -2.68. The summed E-state index contributed by atoms with van der Waals surface area (Å²) < 4.78 is 4.68. The Kier molecular flexibility index (Phi) is 2.31. The first-order chi connectivity index (χ1) is 5.53. The van der Waals surface area contributed by atoms with Crippen LogP contribution in [-0.4, -0.2) is 28.1 Å². The van der Waals surface area contributed by atoms with Crippen LogP contribution in [0.25, 0.3) is 0 Å². The van der Waals surface area contributed by atoms with E-state index in [1.807, 2.05) is 0 Å². The fourth-order valence-electron chi connectivity index (χ4n) is 1.15. The van der Waals surface area contributed by atoms with Gasteiger partial charge in [0.1, 0.15) is 6.10 Å². The Morgan fingerprint density at radius 2 is 2.42 bits per heavy atom. The van der Waals surface area contributed by atoms with Crippen LogP contribution in [0.3, 0.4) is 0 Å². The molecule has 0 bridgehead atoms. The summed E-state index contributed by atoms with van der Waals surface area (Å²) >= 11 is 0. The summed E-state index contributed by atoms with van der Waals surface area (Å²) in [7, 11) is 0. The average Bonchev–Trinajstić information content (AvgIpc) is 1.82. The molecule has 1 fully saturated rings. The van der Waals surface area contributed by atoms with Crippen LogP contribution in [0.15, 0.2) is 0 Å². The number of aliphatic hydroxyl groups is 2. The Hall–Kier alpha value is -1.12. The third-order valence-electron chi connectivity index (χ3n) is 1.60. The van der Waals surface area contributed by atoms with Crippen LogP contribution < -0.4 is 0 Å². The molecule has 5 heteroatoms. The molecule has 0 amide bonds. The lowest BCUT2D eigenvalue weighted by molar-refractivity contribution is -0.222. The SMILES string of the molecule is N#CCC1CC(O)(O)CC(=O)O1. The molecule has 5 nitrogen and oxygen atoms in total. The number of nitriles is 1. The molecular weight excluding hydrogens is 162 g/mol. The van der Waals surface area contributed by atoms with Crippen LogP contribution >= 0.6 is 0 Å². The summed E-state index contributed by atoms with van der Waals surface area (Å²) in [5, 5.41) is 26.4. The second-order valence-electron chi connectivity index (χ2n) is 2.84. The largest absolute Gasteiger partial charge is 0.461 e. The molecule has 0 aromatic heterocycles. The van der Waals surface area contributed by atoms with Gasteiger partial charge in [-0.2, -0.15) is 5.26 Å². The van der Waals surface area contributed by atoms with E-state index in [-0.39, 0.29) is 12.8 Å². The Bertz CT molecular complexity index is 230. The number of cyclic esters (lactones) is 1. The zero-order chi connectivity index (χ0) is 9.19. The van der Waals surface area contributed by atoms with Crippen molar-refractivity contribution in [3.63, 3.8) is 0 Å². The highest BCUT2D eigenvalue weighted by Gasteiger charge is 2.37. The molecule has 0 radical (unpaired) electrons. The van der Waals surface area contributed by atoms with Crippen molar-refractivity contribution in [3.8, 4) is 6.07 Å². The molecule has 1 rings (SSSR count). The standard InChI is InChI=1S/C7H9NO4/c8-2-1-5-3-7(10,11)4-6(9)12-5/h5,10-11H,1,3-4H2. The number of ether oxygens (including phenoxy) is 1. The van der Waals surface area contributed by atoms with E-state index in [4.69, 9.17) is 15.5 Å². The lowest BCUT2D eigenvalue weighted by atomic mass is 10.0. The van der Waals surface area contributed by atoms with Gasteiger partial charge in [-0.25, -0.2) is 0 Å². The summed E-state index contributed by atoms with van der Waals surface area (Å²) in [4.78, 5) is 10.7. The van der Waals surface area contributed by atoms with E-state index in [2.05, 4.69) is 4.74 Å². The predicted octanol–water partition coefficient (Wildman–Crippen LogP) is -0.713. The minimum absolute atomic E-state index is 0.00535. The molecule has 1 saturated heterocycles. The molecule has 1 aliphatic heterocycles. The van der Waals surface area contributed by atoms with Crippen molar-refractivity contribution in [2.24, 2.45) is 0 Å². The van der Waals surface area contributed by atoms with Crippen LogP contribution in [0.4, 0.5) is 0 Å². The Morgan fingerprint density at radius 3 is 2.92 bits per heavy atom. The van der Waals surface area contributed by atoms with Gasteiger partial charge in [0, 0.05) is 6.42 Å². The van der Waals surface area contributed by atoms with E-state index in [9.17, 15) is 4.79 Å². The van der Waals surface area contributed by atoms with Crippen LogP contribution in [0.5, 0.6) is 0 Å². The molecular formula is C7H9NO4. The van der Waals surface area contributed by atoms with Gasteiger partial charge >= 0.3 is 5.97 Å². The molecule has 1 unspecified atom stereocenters. The number of carbonyl (C=O) groups excluding carboxylic acids is 1. The van der Waals surface area contributed by atoms with E-state index < -0.39 is 24.3 Å². The molecule has 0 saturated carbocycles. The maximum absolute atomic E-state index is 10.7. The lowest BCUT2D eigenvalue weighted by Gasteiger charge is -2.30. The van der Waals surface area contributed by atoms with Gasteiger partial charge in [-0.15, -0.1) is 0 Å². The molecule has 66 valence electrons. The Balaban J connectivity index is 2.59. The van der Waals surface area contributed by atoms with Gasteiger partial charge in [0.2, 0.25) is 0 Å². The van der Waals surface area contributed by atoms with Gasteiger partial charge in [0.25, 0.3) is 0 Å². The van der Waals surface area contributed by atoms with Gasteiger partial charge in [-0.3, -0.25) is 4.79 Å². The molecule has 2 N–H and O–H groups in total. The molecule has 12 heavy (non-hydrogen) atoms. The molecule has 0 aromatic rings. The minimum atomic E-state index is -2.00. The summed E-state index contributed by atoms with van der Waals surface area (Å²) in [5.41, 5.74) is 0. The number of hydrogen-bond acceptors (Lipinski definition) is 5. The first-order valence-electron chi connectivity index (χ1n) is 3.55. The van der Waals surface area contributed by atoms with E-state index in [0.717, 1.165) is 0 Å². The third-order valence-corrected chi connectivity index (χ3v) is 1.60. The third kappa shape index (κ3) is 2.19. The fourth-order valence-corrected chi connectivity index (χ4v) is 1.15. The average molecular weight is 171 g/mol. The first-order valence-corrected chi connectivity index (χ1v) is 3.55. The highest BCUT2D eigenvalue weighted by Crippen LogP contribution is 2.24. The summed E-state index contributed by atoms with van der Waals surface area (Å²) in [6.07, 6.45) is -1.21. The van der Waals surface area contributed by atoms with Gasteiger partial charge < -0.3 is 14.9 Å². The van der Waals surface area contributed by atoms with Crippen molar-refractivity contribution in [3.05, 3.63) is 0 Å². The van der Waals surface area contributed by atoms with Gasteiger partial charge in [-0.05, 0) is 0 Å². The van der Waals surface area contributed by atoms with Crippen molar-refractivity contribution < 1.29 is 19.7 Å². The maximum atomic E-state index is 10.7. The van der Waals surface area contributed by atoms with E-state index in [1.165, 1.54) is 0 Å². The first kappa shape index (κ1) is 8.97. The topological polar surface area (TPSA) is 90.5 Å². The molecule has 0 aliphatic carbocycles. The van der Waals surface area contributed by atoms with Crippen molar-refractivity contribution in [1.82, 2.24) is 0 Å². The highest BCUT2D eigenvalue weighted by molar-refractivity contribution is 5.71. The minimum Gasteiger partial charge on any atom is -0.461 e. The molecule has 0 spiro atoms. The van der Waals surface area contributed by atoms with Crippen molar-refractivity contribution in [2.75, 3.05) is 0 Å². The zero-order valence-electron chi connectivity index (χ0n) is 6.36. The van der Waals surface area contributed by atoms with E-state index in [0.29, 0.717) is 0 Å². The number of carbonyl (C=O) groups is 1. The summed E-state index contributed by atoms with van der Waals surface area (Å²) in [6.45, 7) is 0. The number of rotatable bonds is 1. The number of esters is 1. The Labute approximate surface area is 69.2 Å². The van der Waals surface area contributed by atoms with Crippen molar-refractivity contribution in [1.29, 1.82) is 5.26 Å². The lowest BCUT2D eigenvalue weighted by Crippen LogP contribution is -2.42. The van der Waals surface area contributed by atoms with Crippen LogP contribution in [-0.2, 0) is 9.53 Å². The second-order valence-corrected chi connectivity index (χ2v) is 2.84. The highest BCUT2D eigenvalue weighted by atomic mass is 16.6. The molecule has 1 atom stereocenters. The monoisotopic (exact) mass is 171 g/mol. The van der Waals surface area contributed by atoms with Crippen LogP contribution in [0.1, 0.15) is 19.3 Å². The second kappa shape index (κ2) is 3.09. The quantitative estimate of drug-likeness (QED) is 0.401. The normalized spacial score (nSPS) is 27.4. The van der Waals surface area contributed by atoms with Crippen molar-refractivity contribution in [2.45, 2.75) is 31.2 Å². The molecule has 1 heterocycles. The predicted molar refractivity (Wildman–Crippen MR) is 36.5 cm³/mol. The zero-order valence-corrected chi connectivity index (χ0v) is 6.36. The van der Waals surface area contributed by atoms with Crippen LogP contribution in [0, 0.1) is 11.3 Å². The Morgan fingerprint density at radius 1 is 1.75 bits per heavy atom. The van der Waals surface area contributed by atoms with Gasteiger partial charge in [0.15, 0.2) is 5.79 Å². The van der Waals surface area contributed by atoms with E-state index in [1.54, 1.807) is 6.07 Å². The smallest absolute Gasteiger partial charge is 0.311 e. The van der Waals surface area contributed by atoms with Gasteiger partial charge in [-0.1, -0.05) is 0 Å². The summed E-state index contributed by atoms with van der Waals surface area (Å²) in [6, 6.07) is 1.80. The fraction of sp³-hybridized carbons (Fsp3) is 0.714. The maximum Gasteiger partial charge on any atom is 0.311 e. The number of nitrogens with zero attached hydrogens (tertiary/aromatic N) is 1. The van der Waals surface area contributed by atoms with Crippen LogP contribution in [0.2, 0.25) is 0 Å². The van der Waals surface area contributed by atoms with Crippen molar-refractivity contribution >= 4 is 5.97 Å². The number of hydrogen-bond donors (Lipinski definition) is 2. The van der Waals surface area contributed by atoms with E-state index >= 15 is 0 Å². The van der Waals surface area contributed by atoms with Gasteiger partial charge in [0.05, 0.1) is 18.9 Å².